The monoisotopic (exact) mass is 288 g/mol. The molecule has 0 spiro atoms. The maximum atomic E-state index is 12.6. The molecule has 112 valence electrons. The van der Waals surface area contributed by atoms with E-state index in [0.717, 1.165) is 31.6 Å². The molecule has 1 saturated heterocycles. The summed E-state index contributed by atoms with van der Waals surface area (Å²) in [5.41, 5.74) is 0.743. The first-order valence-electron chi connectivity index (χ1n) is 7.49. The molecule has 3 rings (SSSR count). The van der Waals surface area contributed by atoms with Crippen LogP contribution in [0.1, 0.15) is 26.2 Å². The van der Waals surface area contributed by atoms with Gasteiger partial charge in [0.2, 0.25) is 5.91 Å². The first-order chi connectivity index (χ1) is 10.2. The minimum atomic E-state index is -0.595. The van der Waals surface area contributed by atoms with E-state index >= 15 is 0 Å². The molecule has 1 fully saturated rings. The number of amides is 2. The molecular formula is C16H20N2O3. The van der Waals surface area contributed by atoms with Gasteiger partial charge in [-0.25, -0.2) is 0 Å². The molecular weight excluding hydrogens is 268 g/mol. The minimum Gasteiger partial charge on any atom is -0.476 e. The lowest BCUT2D eigenvalue weighted by molar-refractivity contribution is -0.139. The molecule has 21 heavy (non-hydrogen) atoms. The van der Waals surface area contributed by atoms with Gasteiger partial charge in [0.15, 0.2) is 6.10 Å². The van der Waals surface area contributed by atoms with Gasteiger partial charge in [0.05, 0.1) is 12.2 Å². The van der Waals surface area contributed by atoms with Crippen LogP contribution in [0.15, 0.2) is 24.3 Å². The van der Waals surface area contributed by atoms with Crippen molar-refractivity contribution in [3.05, 3.63) is 24.3 Å². The third kappa shape index (κ3) is 2.73. The molecule has 0 saturated carbocycles. The quantitative estimate of drug-likeness (QED) is 0.792. The van der Waals surface area contributed by atoms with Gasteiger partial charge in [-0.3, -0.25) is 9.59 Å². The van der Waals surface area contributed by atoms with Crippen LogP contribution in [0, 0.1) is 0 Å². The van der Waals surface area contributed by atoms with Crippen molar-refractivity contribution in [3.8, 4) is 5.75 Å². The Bertz CT molecular complexity index is 552. The average molecular weight is 288 g/mol. The Morgan fingerprint density at radius 1 is 1.14 bits per heavy atom. The molecule has 1 aromatic carbocycles. The molecule has 0 N–H and O–H groups in total. The van der Waals surface area contributed by atoms with Crippen LogP contribution in [-0.4, -0.2) is 42.5 Å². The fourth-order valence-corrected chi connectivity index (χ4v) is 2.98. The number of ether oxygens (including phenoxy) is 1. The van der Waals surface area contributed by atoms with E-state index in [0.29, 0.717) is 12.3 Å². The topological polar surface area (TPSA) is 49.9 Å². The second-order valence-electron chi connectivity index (χ2n) is 5.59. The number of rotatable bonds is 1. The van der Waals surface area contributed by atoms with Crippen LogP contribution in [0.3, 0.4) is 0 Å². The number of anilines is 1. The molecule has 5 heteroatoms. The summed E-state index contributed by atoms with van der Waals surface area (Å²) in [5, 5.41) is 0. The number of benzene rings is 1. The first-order valence-corrected chi connectivity index (χ1v) is 7.49. The van der Waals surface area contributed by atoms with Crippen LogP contribution in [0.5, 0.6) is 5.75 Å². The van der Waals surface area contributed by atoms with Crippen LogP contribution >= 0.6 is 0 Å². The van der Waals surface area contributed by atoms with Gasteiger partial charge >= 0.3 is 0 Å². The molecule has 0 aromatic heterocycles. The molecule has 2 amide bonds. The van der Waals surface area contributed by atoms with E-state index in [1.54, 1.807) is 11.0 Å². The zero-order valence-corrected chi connectivity index (χ0v) is 12.2. The number of hydrogen-bond acceptors (Lipinski definition) is 3. The SMILES string of the molecule is CC(=O)N1CC(C(=O)N2CCCCC2)Oc2ccccc21. The lowest BCUT2D eigenvalue weighted by Crippen LogP contribution is -2.52. The van der Waals surface area contributed by atoms with Crippen molar-refractivity contribution in [1.82, 2.24) is 4.90 Å². The highest BCUT2D eigenvalue weighted by Gasteiger charge is 2.35. The summed E-state index contributed by atoms with van der Waals surface area (Å²) in [6.45, 7) is 3.40. The van der Waals surface area contributed by atoms with Crippen molar-refractivity contribution in [2.45, 2.75) is 32.3 Å². The molecule has 2 aliphatic rings. The molecule has 1 unspecified atom stereocenters. The van der Waals surface area contributed by atoms with Gasteiger partial charge in [-0.15, -0.1) is 0 Å². The lowest BCUT2D eigenvalue weighted by Gasteiger charge is -2.37. The molecule has 1 atom stereocenters. The summed E-state index contributed by atoms with van der Waals surface area (Å²) in [6.07, 6.45) is 2.68. The Morgan fingerprint density at radius 3 is 2.57 bits per heavy atom. The van der Waals surface area contributed by atoms with Gasteiger partial charge in [0, 0.05) is 20.0 Å². The molecule has 2 heterocycles. The van der Waals surface area contributed by atoms with Gasteiger partial charge < -0.3 is 14.5 Å². The Hall–Kier alpha value is -2.04. The second kappa shape index (κ2) is 5.76. The van der Waals surface area contributed by atoms with E-state index in [4.69, 9.17) is 4.74 Å². The van der Waals surface area contributed by atoms with Crippen LogP contribution < -0.4 is 9.64 Å². The maximum absolute atomic E-state index is 12.6. The van der Waals surface area contributed by atoms with Crippen LogP contribution in [0.4, 0.5) is 5.69 Å². The Morgan fingerprint density at radius 2 is 1.86 bits per heavy atom. The van der Waals surface area contributed by atoms with E-state index in [9.17, 15) is 9.59 Å². The predicted octanol–water partition coefficient (Wildman–Crippen LogP) is 1.81. The van der Waals surface area contributed by atoms with Gasteiger partial charge in [-0.05, 0) is 31.4 Å². The number of para-hydroxylation sites is 2. The van der Waals surface area contributed by atoms with Crippen molar-refractivity contribution >= 4 is 17.5 Å². The van der Waals surface area contributed by atoms with Gasteiger partial charge in [-0.1, -0.05) is 12.1 Å². The van der Waals surface area contributed by atoms with Crippen molar-refractivity contribution in [2.24, 2.45) is 0 Å². The number of carbonyl (C=O) groups is 2. The summed E-state index contributed by atoms with van der Waals surface area (Å²) < 4.78 is 5.84. The van der Waals surface area contributed by atoms with Gasteiger partial charge in [0.1, 0.15) is 5.75 Å². The van der Waals surface area contributed by atoms with Crippen molar-refractivity contribution in [2.75, 3.05) is 24.5 Å². The van der Waals surface area contributed by atoms with Crippen LogP contribution in [-0.2, 0) is 9.59 Å². The summed E-state index contributed by atoms with van der Waals surface area (Å²) in [4.78, 5) is 27.9. The molecule has 1 aromatic rings. The van der Waals surface area contributed by atoms with Crippen LogP contribution in [0.25, 0.3) is 0 Å². The molecule has 0 radical (unpaired) electrons. The number of piperidine rings is 1. The molecule has 0 bridgehead atoms. The molecule has 0 aliphatic carbocycles. The minimum absolute atomic E-state index is 0.00421. The van der Waals surface area contributed by atoms with Crippen molar-refractivity contribution in [3.63, 3.8) is 0 Å². The Labute approximate surface area is 124 Å². The smallest absolute Gasteiger partial charge is 0.265 e. The average Bonchev–Trinajstić information content (AvgIpc) is 2.53. The van der Waals surface area contributed by atoms with E-state index < -0.39 is 6.10 Å². The maximum Gasteiger partial charge on any atom is 0.265 e. The van der Waals surface area contributed by atoms with E-state index in [2.05, 4.69) is 0 Å². The Kier molecular flexibility index (Phi) is 3.82. The van der Waals surface area contributed by atoms with E-state index in [-0.39, 0.29) is 11.8 Å². The highest BCUT2D eigenvalue weighted by molar-refractivity contribution is 5.95. The fourth-order valence-electron chi connectivity index (χ4n) is 2.98. The van der Waals surface area contributed by atoms with Gasteiger partial charge in [0.25, 0.3) is 5.91 Å². The summed E-state index contributed by atoms with van der Waals surface area (Å²) in [6, 6.07) is 7.37. The lowest BCUT2D eigenvalue weighted by atomic mass is 10.1. The number of nitrogens with zero attached hydrogens (tertiary/aromatic N) is 2. The normalized spacial score (nSPS) is 21.5. The Balaban J connectivity index is 1.82. The summed E-state index contributed by atoms with van der Waals surface area (Å²) in [5.74, 6) is 0.534. The molecule has 2 aliphatic heterocycles. The highest BCUT2D eigenvalue weighted by Crippen LogP contribution is 2.33. The second-order valence-corrected chi connectivity index (χ2v) is 5.59. The first kappa shape index (κ1) is 13.9. The van der Waals surface area contributed by atoms with E-state index in [1.165, 1.54) is 13.3 Å². The van der Waals surface area contributed by atoms with Gasteiger partial charge in [-0.2, -0.15) is 0 Å². The number of fused-ring (bicyclic) bond motifs is 1. The number of hydrogen-bond donors (Lipinski definition) is 0. The predicted molar refractivity (Wildman–Crippen MR) is 79.3 cm³/mol. The molecule has 5 nitrogen and oxygen atoms in total. The number of carbonyl (C=O) groups excluding carboxylic acids is 2. The third-order valence-electron chi connectivity index (χ3n) is 4.10. The third-order valence-corrected chi connectivity index (χ3v) is 4.10. The number of likely N-dealkylation sites (tertiary alicyclic amines) is 1. The van der Waals surface area contributed by atoms with Crippen molar-refractivity contribution in [1.29, 1.82) is 0 Å². The van der Waals surface area contributed by atoms with Crippen molar-refractivity contribution < 1.29 is 14.3 Å². The van der Waals surface area contributed by atoms with E-state index in [1.807, 2.05) is 23.1 Å². The zero-order valence-electron chi connectivity index (χ0n) is 12.2. The standard InChI is InChI=1S/C16H20N2O3/c1-12(19)18-11-15(16(20)17-9-5-2-6-10-17)21-14-8-4-3-7-13(14)18/h3-4,7-8,15H,2,5-6,9-11H2,1H3. The highest BCUT2D eigenvalue weighted by atomic mass is 16.5. The zero-order chi connectivity index (χ0) is 14.8. The fraction of sp³-hybridized carbons (Fsp3) is 0.500. The largest absolute Gasteiger partial charge is 0.476 e. The van der Waals surface area contributed by atoms with Crippen LogP contribution in [0.2, 0.25) is 0 Å². The summed E-state index contributed by atoms with van der Waals surface area (Å²) in [7, 11) is 0. The summed E-state index contributed by atoms with van der Waals surface area (Å²) >= 11 is 0.